The molecule has 0 atom stereocenters. The third-order valence-corrected chi connectivity index (χ3v) is 3.80. The van der Waals surface area contributed by atoms with Crippen LogP contribution in [0.3, 0.4) is 0 Å². The number of halogens is 1. The topological polar surface area (TPSA) is 38.5 Å². The number of nitrogens with two attached hydrogens (primary N) is 1. The van der Waals surface area contributed by atoms with Crippen LogP contribution in [0.1, 0.15) is 24.5 Å². The number of hydrogen-bond donors (Lipinski definition) is 1. The Kier molecular flexibility index (Phi) is 5.03. The first-order valence-electron chi connectivity index (χ1n) is 6.61. The Hall–Kier alpha value is -0.580. The fraction of sp³-hybridized carbons (Fsp3) is 0.571. The number of benzene rings is 1. The molecule has 0 unspecified atom stereocenters. The van der Waals surface area contributed by atoms with Crippen LogP contribution in [0.15, 0.2) is 16.6 Å². The maximum Gasteiger partial charge on any atom is 0.127 e. The van der Waals surface area contributed by atoms with Gasteiger partial charge in [-0.3, -0.25) is 4.90 Å². The summed E-state index contributed by atoms with van der Waals surface area (Å²) in [7, 11) is 0. The summed E-state index contributed by atoms with van der Waals surface area (Å²) < 4.78 is 6.91. The molecule has 1 aliphatic rings. The van der Waals surface area contributed by atoms with Gasteiger partial charge in [0.2, 0.25) is 0 Å². The first-order chi connectivity index (χ1) is 8.74. The number of rotatable bonds is 6. The molecule has 1 aromatic carbocycles. The normalized spacial score (nSPS) is 13.8. The molecule has 100 valence electrons. The second kappa shape index (κ2) is 6.55. The molecule has 0 aromatic heterocycles. The SMILES string of the molecule is CCN(CCCN)Cc1cc(Br)cc2c1OCC2. The third-order valence-electron chi connectivity index (χ3n) is 3.34. The van der Waals surface area contributed by atoms with Gasteiger partial charge in [-0.05, 0) is 43.8 Å². The van der Waals surface area contributed by atoms with E-state index < -0.39 is 0 Å². The molecule has 2 N–H and O–H groups in total. The van der Waals surface area contributed by atoms with Crippen LogP contribution in [-0.4, -0.2) is 31.1 Å². The van der Waals surface area contributed by atoms with Gasteiger partial charge in [-0.25, -0.2) is 0 Å². The monoisotopic (exact) mass is 312 g/mol. The van der Waals surface area contributed by atoms with Crippen LogP contribution in [0.2, 0.25) is 0 Å². The minimum absolute atomic E-state index is 0.754. The second-order valence-corrected chi connectivity index (χ2v) is 5.58. The fourth-order valence-corrected chi connectivity index (χ4v) is 2.92. The minimum atomic E-state index is 0.754. The first-order valence-corrected chi connectivity index (χ1v) is 7.40. The van der Waals surface area contributed by atoms with Crippen LogP contribution in [0.5, 0.6) is 5.75 Å². The van der Waals surface area contributed by atoms with Gasteiger partial charge in [0.1, 0.15) is 5.75 Å². The lowest BCUT2D eigenvalue weighted by molar-refractivity contribution is 0.270. The summed E-state index contributed by atoms with van der Waals surface area (Å²) in [5, 5.41) is 0. The molecule has 0 spiro atoms. The highest BCUT2D eigenvalue weighted by Gasteiger charge is 2.18. The zero-order chi connectivity index (χ0) is 13.0. The van der Waals surface area contributed by atoms with Crippen molar-refractivity contribution in [1.29, 1.82) is 0 Å². The van der Waals surface area contributed by atoms with E-state index >= 15 is 0 Å². The molecule has 3 nitrogen and oxygen atoms in total. The van der Waals surface area contributed by atoms with Crippen molar-refractivity contribution in [2.24, 2.45) is 5.73 Å². The molecule has 2 rings (SSSR count). The lowest BCUT2D eigenvalue weighted by Gasteiger charge is -2.21. The van der Waals surface area contributed by atoms with Crippen molar-refractivity contribution in [3.63, 3.8) is 0 Å². The van der Waals surface area contributed by atoms with E-state index in [0.29, 0.717) is 0 Å². The second-order valence-electron chi connectivity index (χ2n) is 4.66. The van der Waals surface area contributed by atoms with Crippen LogP contribution in [0, 0.1) is 0 Å². The van der Waals surface area contributed by atoms with Gasteiger partial charge >= 0.3 is 0 Å². The molecule has 0 amide bonds. The molecule has 0 bridgehead atoms. The van der Waals surface area contributed by atoms with Crippen LogP contribution in [0.4, 0.5) is 0 Å². The Morgan fingerprint density at radius 2 is 2.28 bits per heavy atom. The maximum atomic E-state index is 5.76. The summed E-state index contributed by atoms with van der Waals surface area (Å²) in [6, 6.07) is 4.34. The number of ether oxygens (including phenoxy) is 1. The van der Waals surface area contributed by atoms with E-state index in [1.807, 2.05) is 0 Å². The number of fused-ring (bicyclic) bond motifs is 1. The smallest absolute Gasteiger partial charge is 0.127 e. The lowest BCUT2D eigenvalue weighted by Crippen LogP contribution is -2.25. The average Bonchev–Trinajstić information content (AvgIpc) is 2.82. The summed E-state index contributed by atoms with van der Waals surface area (Å²) in [6.07, 6.45) is 2.07. The van der Waals surface area contributed by atoms with Crippen LogP contribution in [-0.2, 0) is 13.0 Å². The van der Waals surface area contributed by atoms with E-state index in [1.54, 1.807) is 0 Å². The third kappa shape index (κ3) is 3.25. The molecule has 18 heavy (non-hydrogen) atoms. The highest BCUT2D eigenvalue weighted by molar-refractivity contribution is 9.10. The van der Waals surface area contributed by atoms with E-state index in [0.717, 1.165) is 55.8 Å². The standard InChI is InChI=1S/C14H21BrN2O/c1-2-17(6-3-5-16)10-12-9-13(15)8-11-4-7-18-14(11)12/h8-9H,2-7,10,16H2,1H3. The Labute approximate surface area is 117 Å². The van der Waals surface area contributed by atoms with Crippen molar-refractivity contribution in [3.8, 4) is 5.75 Å². The molecule has 0 saturated heterocycles. The summed E-state index contributed by atoms with van der Waals surface area (Å²) in [4.78, 5) is 2.41. The summed E-state index contributed by atoms with van der Waals surface area (Å²) in [5.74, 6) is 1.10. The first kappa shape index (κ1) is 13.8. The van der Waals surface area contributed by atoms with Gasteiger partial charge < -0.3 is 10.5 Å². The molecular weight excluding hydrogens is 292 g/mol. The molecule has 0 radical (unpaired) electrons. The van der Waals surface area contributed by atoms with Gasteiger partial charge in [0, 0.05) is 23.0 Å². The number of nitrogens with zero attached hydrogens (tertiary/aromatic N) is 1. The number of hydrogen-bond acceptors (Lipinski definition) is 3. The summed E-state index contributed by atoms with van der Waals surface area (Å²) in [5.41, 5.74) is 8.20. The maximum absolute atomic E-state index is 5.76. The molecular formula is C14H21BrN2O. The van der Waals surface area contributed by atoms with Crippen LogP contribution in [0.25, 0.3) is 0 Å². The van der Waals surface area contributed by atoms with Crippen molar-refractivity contribution < 1.29 is 4.74 Å². The van der Waals surface area contributed by atoms with E-state index in [1.165, 1.54) is 11.1 Å². The van der Waals surface area contributed by atoms with Crippen LogP contribution < -0.4 is 10.5 Å². The minimum Gasteiger partial charge on any atom is -0.493 e. The van der Waals surface area contributed by atoms with Gasteiger partial charge in [0.15, 0.2) is 0 Å². The van der Waals surface area contributed by atoms with Crippen molar-refractivity contribution in [1.82, 2.24) is 4.90 Å². The Morgan fingerprint density at radius 3 is 3.00 bits per heavy atom. The molecule has 4 heteroatoms. The fourth-order valence-electron chi connectivity index (χ4n) is 2.37. The predicted molar refractivity (Wildman–Crippen MR) is 78.0 cm³/mol. The molecule has 0 fully saturated rings. The Morgan fingerprint density at radius 1 is 1.44 bits per heavy atom. The van der Waals surface area contributed by atoms with Crippen molar-refractivity contribution >= 4 is 15.9 Å². The Bertz CT molecular complexity index is 409. The summed E-state index contributed by atoms with van der Waals surface area (Å²) >= 11 is 3.59. The highest BCUT2D eigenvalue weighted by Crippen LogP contribution is 2.33. The van der Waals surface area contributed by atoms with Gasteiger partial charge in [-0.1, -0.05) is 22.9 Å². The van der Waals surface area contributed by atoms with E-state index in [-0.39, 0.29) is 0 Å². The van der Waals surface area contributed by atoms with Crippen molar-refractivity contribution in [3.05, 3.63) is 27.7 Å². The Balaban J connectivity index is 2.12. The van der Waals surface area contributed by atoms with E-state index in [2.05, 4.69) is 39.9 Å². The molecule has 1 aliphatic heterocycles. The van der Waals surface area contributed by atoms with E-state index in [9.17, 15) is 0 Å². The molecule has 1 heterocycles. The largest absolute Gasteiger partial charge is 0.493 e. The quantitative estimate of drug-likeness (QED) is 0.877. The van der Waals surface area contributed by atoms with Gasteiger partial charge in [-0.2, -0.15) is 0 Å². The zero-order valence-electron chi connectivity index (χ0n) is 10.9. The lowest BCUT2D eigenvalue weighted by atomic mass is 10.1. The molecule has 1 aromatic rings. The zero-order valence-corrected chi connectivity index (χ0v) is 12.5. The molecule has 0 saturated carbocycles. The highest BCUT2D eigenvalue weighted by atomic mass is 79.9. The van der Waals surface area contributed by atoms with E-state index in [4.69, 9.17) is 10.5 Å². The summed E-state index contributed by atoms with van der Waals surface area (Å²) in [6.45, 7) is 6.79. The van der Waals surface area contributed by atoms with Gasteiger partial charge in [0.25, 0.3) is 0 Å². The van der Waals surface area contributed by atoms with Crippen molar-refractivity contribution in [2.45, 2.75) is 26.3 Å². The van der Waals surface area contributed by atoms with Gasteiger partial charge in [-0.15, -0.1) is 0 Å². The van der Waals surface area contributed by atoms with Gasteiger partial charge in [0.05, 0.1) is 6.61 Å². The van der Waals surface area contributed by atoms with Crippen molar-refractivity contribution in [2.75, 3.05) is 26.2 Å². The van der Waals surface area contributed by atoms with Crippen LogP contribution >= 0.6 is 15.9 Å². The molecule has 0 aliphatic carbocycles. The predicted octanol–water partition coefficient (Wildman–Crippen LogP) is 2.55. The average molecular weight is 313 g/mol.